The molecule has 0 saturated carbocycles. The van der Waals surface area contributed by atoms with E-state index in [1.54, 1.807) is 0 Å². The summed E-state index contributed by atoms with van der Waals surface area (Å²) >= 11 is 3.32. The first kappa shape index (κ1) is 10.1. The number of hydrogen-bond donors (Lipinski definition) is 2. The minimum atomic E-state index is 0.639. The minimum absolute atomic E-state index is 0.639. The third-order valence-corrected chi connectivity index (χ3v) is 2.23. The molecule has 4 N–H and O–H groups in total. The molecule has 0 unspecified atom stereocenters. The molecule has 0 aliphatic heterocycles. The summed E-state index contributed by atoms with van der Waals surface area (Å²) < 4.78 is 0. The largest absolute Gasteiger partial charge is 0.397 e. The molecule has 1 rings (SSSR count). The van der Waals surface area contributed by atoms with Gasteiger partial charge < -0.3 is 11.5 Å². The number of hydrogen-bond acceptors (Lipinski definition) is 2. The number of benzene rings is 1. The molecule has 0 amide bonds. The van der Waals surface area contributed by atoms with Crippen molar-refractivity contribution in [3.8, 4) is 0 Å². The van der Waals surface area contributed by atoms with Crippen LogP contribution < -0.4 is 11.5 Å². The zero-order valence-corrected chi connectivity index (χ0v) is 9.14. The quantitative estimate of drug-likeness (QED) is 0.617. The van der Waals surface area contributed by atoms with Crippen molar-refractivity contribution in [2.75, 3.05) is 16.8 Å². The van der Waals surface area contributed by atoms with Gasteiger partial charge >= 0.3 is 0 Å². The van der Waals surface area contributed by atoms with Crippen LogP contribution in [0.4, 0.5) is 11.4 Å². The lowest BCUT2D eigenvalue weighted by Gasteiger charge is -2.05. The Labute approximate surface area is 86.7 Å². The lowest BCUT2D eigenvalue weighted by molar-refractivity contribution is 1.44. The first-order chi connectivity index (χ1) is 6.15. The Bertz CT molecular complexity index is 332. The molecule has 0 aromatic heterocycles. The topological polar surface area (TPSA) is 52.0 Å². The van der Waals surface area contributed by atoms with Crippen molar-refractivity contribution < 1.29 is 0 Å². The SMILES string of the molecule is Cc1cc(N)c(N)cc1C=CCBr. The van der Waals surface area contributed by atoms with Gasteiger partial charge in [0.25, 0.3) is 0 Å². The van der Waals surface area contributed by atoms with Crippen molar-refractivity contribution in [3.05, 3.63) is 29.3 Å². The predicted octanol–water partition coefficient (Wildman–Crippen LogP) is 2.57. The van der Waals surface area contributed by atoms with Crippen LogP contribution in [-0.2, 0) is 0 Å². The smallest absolute Gasteiger partial charge is 0.0553 e. The number of alkyl halides is 1. The van der Waals surface area contributed by atoms with Gasteiger partial charge in [-0.25, -0.2) is 0 Å². The van der Waals surface area contributed by atoms with E-state index < -0.39 is 0 Å². The highest BCUT2D eigenvalue weighted by atomic mass is 79.9. The summed E-state index contributed by atoms with van der Waals surface area (Å²) in [5.41, 5.74) is 14.9. The summed E-state index contributed by atoms with van der Waals surface area (Å²) in [6.45, 7) is 2.02. The minimum Gasteiger partial charge on any atom is -0.397 e. The molecule has 2 nitrogen and oxygen atoms in total. The molecule has 70 valence electrons. The van der Waals surface area contributed by atoms with E-state index in [1.165, 1.54) is 0 Å². The Hall–Kier alpha value is -0.960. The normalized spacial score (nSPS) is 10.9. The van der Waals surface area contributed by atoms with Crippen LogP contribution in [0.15, 0.2) is 18.2 Å². The zero-order valence-electron chi connectivity index (χ0n) is 7.55. The highest BCUT2D eigenvalue weighted by Gasteiger charge is 1.98. The Morgan fingerprint density at radius 2 is 1.92 bits per heavy atom. The standard InChI is InChI=1S/C10H13BrN2/c1-7-5-9(12)10(13)6-8(7)3-2-4-11/h2-3,5-6H,4,12-13H2,1H3. The van der Waals surface area contributed by atoms with Crippen LogP contribution >= 0.6 is 15.9 Å². The van der Waals surface area contributed by atoms with Gasteiger partial charge in [-0.05, 0) is 30.2 Å². The summed E-state index contributed by atoms with van der Waals surface area (Å²) in [5, 5.41) is 0.844. The summed E-state index contributed by atoms with van der Waals surface area (Å²) in [6.07, 6.45) is 4.05. The Morgan fingerprint density at radius 1 is 1.31 bits per heavy atom. The molecule has 0 atom stereocenters. The van der Waals surface area contributed by atoms with Crippen LogP contribution in [0.1, 0.15) is 11.1 Å². The molecule has 0 radical (unpaired) electrons. The summed E-state index contributed by atoms with van der Waals surface area (Å²) in [4.78, 5) is 0. The van der Waals surface area contributed by atoms with Gasteiger partial charge in [-0.3, -0.25) is 0 Å². The average Bonchev–Trinajstić information content (AvgIpc) is 2.09. The van der Waals surface area contributed by atoms with Crippen molar-refractivity contribution >= 4 is 33.4 Å². The third-order valence-electron chi connectivity index (χ3n) is 1.86. The first-order valence-electron chi connectivity index (χ1n) is 4.03. The van der Waals surface area contributed by atoms with Gasteiger partial charge in [-0.1, -0.05) is 28.1 Å². The Balaban J connectivity index is 3.08. The van der Waals surface area contributed by atoms with Crippen LogP contribution in [0.5, 0.6) is 0 Å². The van der Waals surface area contributed by atoms with E-state index in [-0.39, 0.29) is 0 Å². The van der Waals surface area contributed by atoms with Crippen molar-refractivity contribution in [2.45, 2.75) is 6.92 Å². The van der Waals surface area contributed by atoms with E-state index in [9.17, 15) is 0 Å². The van der Waals surface area contributed by atoms with Crippen LogP contribution in [0, 0.1) is 6.92 Å². The lowest BCUT2D eigenvalue weighted by atomic mass is 10.1. The molecule has 13 heavy (non-hydrogen) atoms. The van der Waals surface area contributed by atoms with Gasteiger partial charge in [0.05, 0.1) is 11.4 Å². The highest BCUT2D eigenvalue weighted by Crippen LogP contribution is 2.21. The van der Waals surface area contributed by atoms with E-state index in [1.807, 2.05) is 31.2 Å². The van der Waals surface area contributed by atoms with Crippen molar-refractivity contribution in [1.29, 1.82) is 0 Å². The highest BCUT2D eigenvalue weighted by molar-refractivity contribution is 9.09. The number of rotatable bonds is 2. The van der Waals surface area contributed by atoms with Crippen molar-refractivity contribution in [1.82, 2.24) is 0 Å². The molecule has 0 aliphatic carbocycles. The van der Waals surface area contributed by atoms with E-state index in [2.05, 4.69) is 15.9 Å². The number of aryl methyl sites for hydroxylation is 1. The van der Waals surface area contributed by atoms with E-state index in [0.29, 0.717) is 11.4 Å². The summed E-state index contributed by atoms with van der Waals surface area (Å²) in [6, 6.07) is 3.78. The van der Waals surface area contributed by atoms with Gasteiger partial charge in [0.1, 0.15) is 0 Å². The molecular weight excluding hydrogens is 228 g/mol. The molecule has 1 aromatic rings. The summed E-state index contributed by atoms with van der Waals surface area (Å²) in [5.74, 6) is 0. The Kier molecular flexibility index (Phi) is 3.37. The molecule has 0 spiro atoms. The van der Waals surface area contributed by atoms with Crippen molar-refractivity contribution in [3.63, 3.8) is 0 Å². The lowest BCUT2D eigenvalue weighted by Crippen LogP contribution is -1.96. The number of anilines is 2. The van der Waals surface area contributed by atoms with Crippen LogP contribution in [0.25, 0.3) is 6.08 Å². The molecule has 3 heteroatoms. The average molecular weight is 241 g/mol. The number of halogens is 1. The van der Waals surface area contributed by atoms with Crippen LogP contribution in [0.2, 0.25) is 0 Å². The second kappa shape index (κ2) is 4.33. The fourth-order valence-corrected chi connectivity index (χ4v) is 1.30. The molecule has 0 aliphatic rings. The maximum Gasteiger partial charge on any atom is 0.0553 e. The van der Waals surface area contributed by atoms with Gasteiger partial charge in [-0.15, -0.1) is 0 Å². The molecule has 0 heterocycles. The number of nitrogens with two attached hydrogens (primary N) is 2. The van der Waals surface area contributed by atoms with Gasteiger partial charge in [0, 0.05) is 5.33 Å². The molecule has 0 saturated heterocycles. The number of allylic oxidation sites excluding steroid dienone is 1. The fraction of sp³-hybridized carbons (Fsp3) is 0.200. The predicted molar refractivity (Wildman–Crippen MR) is 62.8 cm³/mol. The van der Waals surface area contributed by atoms with Crippen LogP contribution in [-0.4, -0.2) is 5.33 Å². The zero-order chi connectivity index (χ0) is 9.84. The summed E-state index contributed by atoms with van der Waals surface area (Å²) in [7, 11) is 0. The second-order valence-electron chi connectivity index (χ2n) is 2.89. The molecule has 0 fully saturated rings. The van der Waals surface area contributed by atoms with Crippen LogP contribution in [0.3, 0.4) is 0 Å². The van der Waals surface area contributed by atoms with Gasteiger partial charge in [-0.2, -0.15) is 0 Å². The number of nitrogen functional groups attached to an aromatic ring is 2. The van der Waals surface area contributed by atoms with E-state index >= 15 is 0 Å². The van der Waals surface area contributed by atoms with Gasteiger partial charge in [0.15, 0.2) is 0 Å². The fourth-order valence-electron chi connectivity index (χ4n) is 1.12. The molecular formula is C10H13BrN2. The Morgan fingerprint density at radius 3 is 2.54 bits per heavy atom. The van der Waals surface area contributed by atoms with Gasteiger partial charge in [0.2, 0.25) is 0 Å². The van der Waals surface area contributed by atoms with Crippen molar-refractivity contribution in [2.24, 2.45) is 0 Å². The molecule has 0 bridgehead atoms. The van der Waals surface area contributed by atoms with E-state index in [4.69, 9.17) is 11.5 Å². The van der Waals surface area contributed by atoms with E-state index in [0.717, 1.165) is 16.5 Å². The second-order valence-corrected chi connectivity index (χ2v) is 3.54. The third kappa shape index (κ3) is 2.49. The monoisotopic (exact) mass is 240 g/mol. The maximum atomic E-state index is 5.69. The first-order valence-corrected chi connectivity index (χ1v) is 5.15. The maximum absolute atomic E-state index is 5.69. The molecule has 1 aromatic carbocycles.